The van der Waals surface area contributed by atoms with Crippen molar-refractivity contribution in [2.75, 3.05) is 13.2 Å². The van der Waals surface area contributed by atoms with Crippen LogP contribution < -0.4 is 0 Å². The number of esters is 3. The second kappa shape index (κ2) is 46.9. The molecule has 60 heavy (non-hydrogen) atoms. The number of carbonyl (C=O) groups excluding carboxylic acids is 3. The van der Waals surface area contributed by atoms with Gasteiger partial charge in [-0.25, -0.2) is 0 Å². The van der Waals surface area contributed by atoms with Crippen LogP contribution in [0.15, 0.2) is 0 Å². The fraction of sp³-hybridized carbons (Fsp3) is 0.944. The van der Waals surface area contributed by atoms with Gasteiger partial charge >= 0.3 is 17.9 Å². The average Bonchev–Trinajstić information content (AvgIpc) is 3.22. The Hall–Kier alpha value is -1.59. The van der Waals surface area contributed by atoms with Crippen molar-refractivity contribution >= 4 is 17.9 Å². The molecule has 0 aliphatic rings. The minimum atomic E-state index is -0.762. The number of hydrogen-bond acceptors (Lipinski definition) is 6. The quantitative estimate of drug-likeness (QED) is 0.0345. The molecule has 6 heteroatoms. The first kappa shape index (κ1) is 58.4. The van der Waals surface area contributed by atoms with Crippen molar-refractivity contribution in [3.05, 3.63) is 0 Å². The summed E-state index contributed by atoms with van der Waals surface area (Å²) in [4.78, 5) is 38.0. The molecule has 6 nitrogen and oxygen atoms in total. The normalized spacial score (nSPS) is 12.1. The van der Waals surface area contributed by atoms with Gasteiger partial charge in [0.2, 0.25) is 0 Å². The highest BCUT2D eigenvalue weighted by molar-refractivity contribution is 5.71. The summed E-state index contributed by atoms with van der Waals surface area (Å²) in [5.74, 6) is 0.795. The predicted molar refractivity (Wildman–Crippen MR) is 256 cm³/mol. The molecule has 0 radical (unpaired) electrons. The summed E-state index contributed by atoms with van der Waals surface area (Å²) in [7, 11) is 0. The fourth-order valence-electron chi connectivity index (χ4n) is 8.17. The molecule has 0 aromatic heterocycles. The van der Waals surface area contributed by atoms with Crippen LogP contribution in [-0.4, -0.2) is 37.2 Å². The summed E-state index contributed by atoms with van der Waals surface area (Å²) in [6, 6.07) is 0. The van der Waals surface area contributed by atoms with Crippen molar-refractivity contribution in [3.8, 4) is 0 Å². The zero-order chi connectivity index (χ0) is 44.0. The molecule has 0 spiro atoms. The van der Waals surface area contributed by atoms with Gasteiger partial charge in [0.1, 0.15) is 13.2 Å². The zero-order valence-corrected chi connectivity index (χ0v) is 41.1. The highest BCUT2D eigenvalue weighted by Crippen LogP contribution is 2.17. The van der Waals surface area contributed by atoms with Gasteiger partial charge in [-0.2, -0.15) is 0 Å². The predicted octanol–water partition coefficient (Wildman–Crippen LogP) is 17.3. The van der Waals surface area contributed by atoms with Gasteiger partial charge in [-0.1, -0.05) is 259 Å². The molecule has 0 aliphatic heterocycles. The second-order valence-corrected chi connectivity index (χ2v) is 19.5. The second-order valence-electron chi connectivity index (χ2n) is 19.5. The maximum absolute atomic E-state index is 12.8. The topological polar surface area (TPSA) is 78.9 Å². The van der Waals surface area contributed by atoms with E-state index in [0.717, 1.165) is 69.6 Å². The van der Waals surface area contributed by atoms with E-state index in [-0.39, 0.29) is 31.1 Å². The van der Waals surface area contributed by atoms with Crippen molar-refractivity contribution in [3.63, 3.8) is 0 Å². The Morgan fingerprint density at radius 2 is 0.550 bits per heavy atom. The average molecular weight is 849 g/mol. The van der Waals surface area contributed by atoms with Crippen LogP contribution in [0.2, 0.25) is 0 Å². The molecule has 0 N–H and O–H groups in total. The summed E-state index contributed by atoms with van der Waals surface area (Å²) in [6.45, 7) is 11.4. The largest absolute Gasteiger partial charge is 0.462 e. The number of unbranched alkanes of at least 4 members (excludes halogenated alkanes) is 33. The van der Waals surface area contributed by atoms with Gasteiger partial charge < -0.3 is 14.2 Å². The summed E-state index contributed by atoms with van der Waals surface area (Å²) in [5, 5.41) is 0. The first-order valence-corrected chi connectivity index (χ1v) is 26.7. The first-order chi connectivity index (χ1) is 29.2. The van der Waals surface area contributed by atoms with Crippen molar-refractivity contribution in [2.45, 2.75) is 304 Å². The Morgan fingerprint density at radius 3 is 0.817 bits per heavy atom. The Balaban J connectivity index is 4.26. The van der Waals surface area contributed by atoms with E-state index in [2.05, 4.69) is 34.6 Å². The molecular weight excluding hydrogens is 745 g/mol. The smallest absolute Gasteiger partial charge is 0.306 e. The molecule has 0 heterocycles. The van der Waals surface area contributed by atoms with E-state index in [0.29, 0.717) is 19.3 Å². The van der Waals surface area contributed by atoms with Gasteiger partial charge in [0.25, 0.3) is 0 Å². The molecule has 0 aliphatic carbocycles. The lowest BCUT2D eigenvalue weighted by Crippen LogP contribution is -2.30. The minimum Gasteiger partial charge on any atom is -0.462 e. The standard InChI is InChI=1S/C54H104O6/c1-6-7-8-9-10-11-12-16-20-23-29-34-39-44-52(55)58-47-51(60-54(57)46-41-36-31-26-25-28-33-38-43-50(4)5)48-59-53(56)45-40-35-30-24-21-18-15-13-14-17-19-22-27-32-37-42-49(2)3/h49-51H,6-48H2,1-5H3/t51-/m1/s1. The van der Waals surface area contributed by atoms with E-state index in [1.54, 1.807) is 0 Å². The van der Waals surface area contributed by atoms with Gasteiger partial charge in [-0.3, -0.25) is 14.4 Å². The van der Waals surface area contributed by atoms with Crippen molar-refractivity contribution in [1.29, 1.82) is 0 Å². The van der Waals surface area contributed by atoms with E-state index in [1.807, 2.05) is 0 Å². The summed E-state index contributed by atoms with van der Waals surface area (Å²) in [5.41, 5.74) is 0. The summed E-state index contributed by atoms with van der Waals surface area (Å²) < 4.78 is 16.8. The van der Waals surface area contributed by atoms with Crippen LogP contribution in [0.25, 0.3) is 0 Å². The van der Waals surface area contributed by atoms with Crippen LogP contribution >= 0.6 is 0 Å². The highest BCUT2D eigenvalue weighted by atomic mass is 16.6. The molecule has 0 saturated heterocycles. The maximum atomic E-state index is 12.8. The van der Waals surface area contributed by atoms with Crippen molar-refractivity contribution in [1.82, 2.24) is 0 Å². The Kier molecular flexibility index (Phi) is 45.7. The van der Waals surface area contributed by atoms with Gasteiger partial charge in [0.05, 0.1) is 0 Å². The molecule has 0 unspecified atom stereocenters. The van der Waals surface area contributed by atoms with Crippen LogP contribution in [0.5, 0.6) is 0 Å². The number of ether oxygens (including phenoxy) is 3. The molecule has 0 rings (SSSR count). The minimum absolute atomic E-state index is 0.0638. The number of carbonyl (C=O) groups is 3. The third kappa shape index (κ3) is 47.5. The molecule has 356 valence electrons. The lowest BCUT2D eigenvalue weighted by molar-refractivity contribution is -0.167. The van der Waals surface area contributed by atoms with E-state index in [1.165, 1.54) is 186 Å². The van der Waals surface area contributed by atoms with E-state index < -0.39 is 6.10 Å². The van der Waals surface area contributed by atoms with Crippen molar-refractivity contribution in [2.24, 2.45) is 11.8 Å². The van der Waals surface area contributed by atoms with Crippen LogP contribution in [0.3, 0.4) is 0 Å². The lowest BCUT2D eigenvalue weighted by Gasteiger charge is -2.18. The molecular formula is C54H104O6. The number of hydrogen-bond donors (Lipinski definition) is 0. The van der Waals surface area contributed by atoms with Crippen LogP contribution in [-0.2, 0) is 28.6 Å². The summed E-state index contributed by atoms with van der Waals surface area (Å²) >= 11 is 0. The van der Waals surface area contributed by atoms with Gasteiger partial charge in [0.15, 0.2) is 6.10 Å². The van der Waals surface area contributed by atoms with Crippen LogP contribution in [0, 0.1) is 11.8 Å². The molecule has 0 aromatic carbocycles. The van der Waals surface area contributed by atoms with Crippen LogP contribution in [0.4, 0.5) is 0 Å². The Bertz CT molecular complexity index is 916. The maximum Gasteiger partial charge on any atom is 0.306 e. The van der Waals surface area contributed by atoms with E-state index in [4.69, 9.17) is 14.2 Å². The molecule has 0 aromatic rings. The Morgan fingerprint density at radius 1 is 0.317 bits per heavy atom. The molecule has 0 amide bonds. The van der Waals surface area contributed by atoms with Gasteiger partial charge in [0, 0.05) is 19.3 Å². The third-order valence-electron chi connectivity index (χ3n) is 12.2. The molecule has 0 saturated carbocycles. The van der Waals surface area contributed by atoms with E-state index >= 15 is 0 Å². The van der Waals surface area contributed by atoms with Gasteiger partial charge in [-0.05, 0) is 31.1 Å². The molecule has 1 atom stereocenters. The Labute approximate surface area is 374 Å². The monoisotopic (exact) mass is 849 g/mol. The first-order valence-electron chi connectivity index (χ1n) is 26.7. The third-order valence-corrected chi connectivity index (χ3v) is 12.2. The SMILES string of the molecule is CCCCCCCCCCCCCCCC(=O)OC[C@H](COC(=O)CCCCCCCCCCCCCCCCCC(C)C)OC(=O)CCCCCCCCCCC(C)C. The van der Waals surface area contributed by atoms with Crippen LogP contribution in [0.1, 0.15) is 298 Å². The van der Waals surface area contributed by atoms with Gasteiger partial charge in [-0.15, -0.1) is 0 Å². The van der Waals surface area contributed by atoms with E-state index in [9.17, 15) is 14.4 Å². The number of rotatable bonds is 48. The zero-order valence-electron chi connectivity index (χ0n) is 41.1. The molecule has 0 bridgehead atoms. The summed E-state index contributed by atoms with van der Waals surface area (Å²) in [6.07, 6.45) is 48.1. The molecule has 0 fully saturated rings. The highest BCUT2D eigenvalue weighted by Gasteiger charge is 2.19. The van der Waals surface area contributed by atoms with Crippen molar-refractivity contribution < 1.29 is 28.6 Å². The lowest BCUT2D eigenvalue weighted by atomic mass is 10.0. The fourth-order valence-corrected chi connectivity index (χ4v) is 8.17.